The molecule has 1 saturated heterocycles. The number of nitrogens with two attached hydrogens (primary N) is 1. The minimum atomic E-state index is -0.326. The maximum atomic E-state index is 12.1. The molecule has 4 aromatic heterocycles. The van der Waals surface area contributed by atoms with Crippen LogP contribution in [0, 0.1) is 0 Å². The van der Waals surface area contributed by atoms with Crippen molar-refractivity contribution in [2.75, 3.05) is 24.6 Å². The van der Waals surface area contributed by atoms with Crippen molar-refractivity contribution in [3.63, 3.8) is 0 Å². The van der Waals surface area contributed by atoms with Gasteiger partial charge in [-0.25, -0.2) is 14.0 Å². The second-order valence-electron chi connectivity index (χ2n) is 6.54. The second kappa shape index (κ2) is 5.66. The number of likely N-dealkylation sites (N-methyl/N-ethyl adjacent to an activating group) is 1. The lowest BCUT2D eigenvalue weighted by molar-refractivity contribution is -0.127. The summed E-state index contributed by atoms with van der Waals surface area (Å²) in [6.07, 6.45) is 6.05. The third-order valence-electron chi connectivity index (χ3n) is 4.80. The Morgan fingerprint density at radius 3 is 2.85 bits per heavy atom. The average molecular weight is 363 g/mol. The molecule has 1 amide bonds. The molecular weight excluding hydrogens is 346 g/mol. The van der Waals surface area contributed by atoms with Gasteiger partial charge in [-0.15, -0.1) is 5.10 Å². The summed E-state index contributed by atoms with van der Waals surface area (Å²) in [4.78, 5) is 22.7. The lowest BCUT2D eigenvalue weighted by atomic mass is 10.2. The zero-order valence-corrected chi connectivity index (χ0v) is 14.6. The number of anilines is 2. The van der Waals surface area contributed by atoms with E-state index in [-0.39, 0.29) is 11.9 Å². The largest absolute Gasteiger partial charge is 0.382 e. The zero-order valence-electron chi connectivity index (χ0n) is 14.6. The van der Waals surface area contributed by atoms with E-state index in [0.29, 0.717) is 30.2 Å². The van der Waals surface area contributed by atoms with Crippen LogP contribution in [0.5, 0.6) is 0 Å². The van der Waals surface area contributed by atoms with Crippen LogP contribution < -0.4 is 11.1 Å². The topological polar surface area (TPSA) is 119 Å². The third kappa shape index (κ3) is 2.45. The van der Waals surface area contributed by atoms with E-state index < -0.39 is 0 Å². The van der Waals surface area contributed by atoms with Gasteiger partial charge in [0.05, 0.1) is 11.9 Å². The molecule has 5 heterocycles. The molecule has 10 nitrogen and oxygen atoms in total. The second-order valence-corrected chi connectivity index (χ2v) is 6.54. The minimum Gasteiger partial charge on any atom is -0.382 e. The van der Waals surface area contributed by atoms with Gasteiger partial charge >= 0.3 is 0 Å². The van der Waals surface area contributed by atoms with Crippen LogP contribution >= 0.6 is 0 Å². The molecule has 5 rings (SSSR count). The molecule has 0 radical (unpaired) electrons. The van der Waals surface area contributed by atoms with Crippen LogP contribution in [0.1, 0.15) is 6.42 Å². The Morgan fingerprint density at radius 1 is 1.19 bits per heavy atom. The molecule has 3 N–H and O–H groups in total. The van der Waals surface area contributed by atoms with Crippen LogP contribution in [0.3, 0.4) is 0 Å². The number of carbonyl (C=O) groups excluding carboxylic acids is 1. The summed E-state index contributed by atoms with van der Waals surface area (Å²) in [5.74, 6) is 0.681. The number of aromatic nitrogens is 6. The van der Waals surface area contributed by atoms with Gasteiger partial charge < -0.3 is 16.0 Å². The maximum absolute atomic E-state index is 12.1. The lowest BCUT2D eigenvalue weighted by Crippen LogP contribution is -2.31. The van der Waals surface area contributed by atoms with E-state index in [1.165, 1.54) is 0 Å². The molecule has 1 fully saturated rings. The quantitative estimate of drug-likeness (QED) is 0.549. The molecule has 1 aliphatic heterocycles. The number of rotatable bonds is 3. The SMILES string of the molecule is CN1CC[C@H](Nc2nc(N)c3c(-c4ccn5nccc5n4)ccn3n2)C1=O. The van der Waals surface area contributed by atoms with Gasteiger partial charge in [0, 0.05) is 37.6 Å². The summed E-state index contributed by atoms with van der Waals surface area (Å²) < 4.78 is 3.35. The Kier molecular flexibility index (Phi) is 3.26. The number of hydrogen-bond acceptors (Lipinski definition) is 7. The van der Waals surface area contributed by atoms with Gasteiger partial charge in [0.2, 0.25) is 11.9 Å². The van der Waals surface area contributed by atoms with Crippen LogP contribution in [-0.2, 0) is 4.79 Å². The number of amides is 1. The molecule has 10 heteroatoms. The number of nitrogens with zero attached hydrogens (tertiary/aromatic N) is 7. The number of likely N-dealkylation sites (tertiary alicyclic amines) is 1. The van der Waals surface area contributed by atoms with E-state index in [4.69, 9.17) is 5.73 Å². The Hall–Kier alpha value is -3.69. The first-order chi connectivity index (χ1) is 13.1. The Balaban J connectivity index is 1.53. The summed E-state index contributed by atoms with van der Waals surface area (Å²) in [5, 5.41) is 11.7. The van der Waals surface area contributed by atoms with Gasteiger partial charge in [-0.05, 0) is 18.6 Å². The molecule has 0 saturated carbocycles. The molecule has 0 bridgehead atoms. The Morgan fingerprint density at radius 2 is 2.04 bits per heavy atom. The predicted octanol–water partition coefficient (Wildman–Crippen LogP) is 0.664. The van der Waals surface area contributed by atoms with Crippen molar-refractivity contribution < 1.29 is 4.79 Å². The Bertz CT molecular complexity index is 1180. The van der Waals surface area contributed by atoms with Crippen molar-refractivity contribution in [2.24, 2.45) is 0 Å². The van der Waals surface area contributed by atoms with E-state index in [9.17, 15) is 4.79 Å². The van der Waals surface area contributed by atoms with Crippen molar-refractivity contribution in [1.82, 2.24) is 34.1 Å². The summed E-state index contributed by atoms with van der Waals surface area (Å²) in [6.45, 7) is 0.713. The summed E-state index contributed by atoms with van der Waals surface area (Å²) in [6, 6.07) is 5.27. The predicted molar refractivity (Wildman–Crippen MR) is 99.0 cm³/mol. The first-order valence-corrected chi connectivity index (χ1v) is 8.57. The molecular formula is C17H17N9O. The fraction of sp³-hybridized carbons (Fsp3) is 0.235. The highest BCUT2D eigenvalue weighted by atomic mass is 16.2. The van der Waals surface area contributed by atoms with Crippen molar-refractivity contribution >= 4 is 28.8 Å². The Labute approximate surface area is 153 Å². The monoisotopic (exact) mass is 363 g/mol. The van der Waals surface area contributed by atoms with Crippen LogP contribution in [0.25, 0.3) is 22.4 Å². The van der Waals surface area contributed by atoms with Gasteiger partial charge in [-0.3, -0.25) is 4.79 Å². The van der Waals surface area contributed by atoms with Crippen LogP contribution in [-0.4, -0.2) is 59.6 Å². The molecule has 27 heavy (non-hydrogen) atoms. The van der Waals surface area contributed by atoms with E-state index in [0.717, 1.165) is 16.9 Å². The van der Waals surface area contributed by atoms with Crippen molar-refractivity contribution in [2.45, 2.75) is 12.5 Å². The molecule has 0 spiro atoms. The molecule has 1 atom stereocenters. The summed E-state index contributed by atoms with van der Waals surface area (Å²) in [7, 11) is 1.78. The fourth-order valence-corrected chi connectivity index (χ4v) is 3.39. The van der Waals surface area contributed by atoms with E-state index in [1.807, 2.05) is 24.4 Å². The van der Waals surface area contributed by atoms with E-state index >= 15 is 0 Å². The van der Waals surface area contributed by atoms with Gasteiger partial charge in [0.25, 0.3) is 0 Å². The number of fused-ring (bicyclic) bond motifs is 2. The van der Waals surface area contributed by atoms with E-state index in [2.05, 4.69) is 25.5 Å². The number of nitrogen functional groups attached to an aromatic ring is 1. The van der Waals surface area contributed by atoms with Crippen molar-refractivity contribution in [1.29, 1.82) is 0 Å². The van der Waals surface area contributed by atoms with E-state index in [1.54, 1.807) is 33.4 Å². The highest BCUT2D eigenvalue weighted by molar-refractivity contribution is 5.88. The number of hydrogen-bond donors (Lipinski definition) is 2. The van der Waals surface area contributed by atoms with Gasteiger partial charge in [-0.1, -0.05) is 0 Å². The normalized spacial score (nSPS) is 17.3. The third-order valence-corrected chi connectivity index (χ3v) is 4.80. The minimum absolute atomic E-state index is 0.0313. The van der Waals surface area contributed by atoms with Gasteiger partial charge in [0.1, 0.15) is 11.6 Å². The summed E-state index contributed by atoms with van der Waals surface area (Å²) >= 11 is 0. The van der Waals surface area contributed by atoms with Crippen molar-refractivity contribution in [3.05, 3.63) is 36.8 Å². The standard InChI is InChI=1S/C17H17N9O/c1-24-7-4-12(16(24)27)21-17-22-15(18)14-10(3-8-26(14)23-17)11-5-9-25-13(20-11)2-6-19-25/h2-3,5-6,8-9,12H,4,7H2,1H3,(H3,18,21,22,23)/t12-/m0/s1. The molecule has 0 unspecified atom stereocenters. The van der Waals surface area contributed by atoms with Gasteiger partial charge in [0.15, 0.2) is 11.5 Å². The highest BCUT2D eigenvalue weighted by Crippen LogP contribution is 2.28. The zero-order chi connectivity index (χ0) is 18.5. The van der Waals surface area contributed by atoms with Crippen molar-refractivity contribution in [3.8, 4) is 11.3 Å². The van der Waals surface area contributed by atoms with Crippen LogP contribution in [0.15, 0.2) is 36.8 Å². The van der Waals surface area contributed by atoms with Crippen LogP contribution in [0.2, 0.25) is 0 Å². The van der Waals surface area contributed by atoms with Crippen LogP contribution in [0.4, 0.5) is 11.8 Å². The molecule has 1 aliphatic rings. The number of nitrogens with one attached hydrogen (secondary N) is 1. The summed E-state index contributed by atoms with van der Waals surface area (Å²) in [5.41, 5.74) is 9.22. The average Bonchev–Trinajstić information content (AvgIpc) is 3.36. The number of carbonyl (C=O) groups is 1. The lowest BCUT2D eigenvalue weighted by Gasteiger charge is -2.13. The fourth-order valence-electron chi connectivity index (χ4n) is 3.39. The molecule has 136 valence electrons. The first-order valence-electron chi connectivity index (χ1n) is 8.57. The molecule has 0 aromatic carbocycles. The first kappa shape index (κ1) is 15.6. The maximum Gasteiger partial charge on any atom is 0.244 e. The molecule has 4 aromatic rings. The molecule has 0 aliphatic carbocycles. The smallest absolute Gasteiger partial charge is 0.244 e. The highest BCUT2D eigenvalue weighted by Gasteiger charge is 2.29. The van der Waals surface area contributed by atoms with Gasteiger partial charge in [-0.2, -0.15) is 10.1 Å².